The van der Waals surface area contributed by atoms with Gasteiger partial charge in [0, 0.05) is 11.6 Å². The molecule has 0 aliphatic heterocycles. The van der Waals surface area contributed by atoms with Crippen LogP contribution in [-0.4, -0.2) is 27.6 Å². The number of aromatic nitrogens is 2. The van der Waals surface area contributed by atoms with Gasteiger partial charge in [0.05, 0.1) is 29.3 Å². The van der Waals surface area contributed by atoms with Gasteiger partial charge in [-0.1, -0.05) is 72.8 Å². The van der Waals surface area contributed by atoms with Gasteiger partial charge in [0.2, 0.25) is 0 Å². The second-order valence-corrected chi connectivity index (χ2v) is 8.80. The first-order valence-corrected chi connectivity index (χ1v) is 12.6. The lowest BCUT2D eigenvalue weighted by Crippen LogP contribution is -2.30. The van der Waals surface area contributed by atoms with Gasteiger partial charge in [-0.15, -0.1) is 0 Å². The van der Waals surface area contributed by atoms with Crippen molar-refractivity contribution < 1.29 is 9.59 Å². The van der Waals surface area contributed by atoms with E-state index in [0.717, 1.165) is 11.1 Å². The molecule has 4 aromatic carbocycles. The molecule has 0 aliphatic rings. The zero-order valence-corrected chi connectivity index (χ0v) is 21.4. The number of amides is 2. The van der Waals surface area contributed by atoms with Crippen molar-refractivity contribution in [2.75, 3.05) is 0 Å². The third-order valence-corrected chi connectivity index (χ3v) is 6.05. The Balaban J connectivity index is 1.34. The number of carbonyl (C=O) groups excluding carboxylic acids is 2. The maximum atomic E-state index is 13.5. The molecule has 5 rings (SSSR count). The fourth-order valence-electron chi connectivity index (χ4n) is 4.07. The number of fused-ring (bicyclic) bond motifs is 1. The van der Waals surface area contributed by atoms with E-state index >= 15 is 0 Å². The Labute approximate surface area is 230 Å². The van der Waals surface area contributed by atoms with E-state index in [-0.39, 0.29) is 23.9 Å². The largest absolute Gasteiger partial charge is 0.345 e. The van der Waals surface area contributed by atoms with Crippen molar-refractivity contribution >= 4 is 35.0 Å². The van der Waals surface area contributed by atoms with Gasteiger partial charge >= 0.3 is 0 Å². The molecule has 8 nitrogen and oxygen atoms in total. The van der Waals surface area contributed by atoms with Crippen molar-refractivity contribution in [3.63, 3.8) is 0 Å². The van der Waals surface area contributed by atoms with Gasteiger partial charge in [-0.2, -0.15) is 5.10 Å². The van der Waals surface area contributed by atoms with Crippen molar-refractivity contribution in [2.24, 2.45) is 5.10 Å². The summed E-state index contributed by atoms with van der Waals surface area (Å²) in [6.45, 7) is 0.0551. The van der Waals surface area contributed by atoms with Crippen LogP contribution < -0.4 is 16.3 Å². The molecule has 5 aromatic rings. The highest BCUT2D eigenvalue weighted by molar-refractivity contribution is 5.94. The number of benzene rings is 4. The molecule has 0 saturated heterocycles. The summed E-state index contributed by atoms with van der Waals surface area (Å²) in [7, 11) is 0. The smallest absolute Gasteiger partial charge is 0.266 e. The van der Waals surface area contributed by atoms with E-state index in [9.17, 15) is 14.4 Å². The van der Waals surface area contributed by atoms with Crippen molar-refractivity contribution in [3.8, 4) is 5.69 Å². The van der Waals surface area contributed by atoms with Crippen molar-refractivity contribution in [1.29, 1.82) is 0 Å². The first-order chi connectivity index (χ1) is 19.6. The molecule has 0 spiro atoms. The quantitative estimate of drug-likeness (QED) is 0.176. The van der Waals surface area contributed by atoms with Crippen LogP contribution in [0.5, 0.6) is 0 Å². The number of nitrogens with zero attached hydrogens (tertiary/aromatic N) is 3. The molecule has 0 unspecified atom stereocenters. The lowest BCUT2D eigenvalue weighted by atomic mass is 10.2. The molecule has 0 fully saturated rings. The van der Waals surface area contributed by atoms with Crippen LogP contribution in [0.15, 0.2) is 125 Å². The van der Waals surface area contributed by atoms with Gasteiger partial charge in [0.25, 0.3) is 17.4 Å². The minimum atomic E-state index is -0.354. The summed E-state index contributed by atoms with van der Waals surface area (Å²) in [6, 6.07) is 32.5. The zero-order valence-electron chi connectivity index (χ0n) is 21.4. The van der Waals surface area contributed by atoms with Crippen LogP contribution in [-0.2, 0) is 11.3 Å². The molecular weight excluding hydrogens is 502 g/mol. The van der Waals surface area contributed by atoms with Crippen LogP contribution in [0.25, 0.3) is 22.7 Å². The van der Waals surface area contributed by atoms with Crippen molar-refractivity contribution in [1.82, 2.24) is 20.3 Å². The number of para-hydroxylation sites is 1. The molecule has 0 aliphatic carbocycles. The van der Waals surface area contributed by atoms with Crippen LogP contribution >= 0.6 is 0 Å². The summed E-state index contributed by atoms with van der Waals surface area (Å²) in [5.41, 5.74) is 5.50. The number of hydrogen-bond acceptors (Lipinski definition) is 5. The minimum Gasteiger partial charge on any atom is -0.345 e. The standard InChI is InChI=1S/C32H25N5O3/c38-30(20-17-23-9-3-1-4-10-23)36-34-21-24-15-18-26(19-16-24)37-29(22-33-31(39)25-11-5-2-6-12-25)35-28-14-8-7-13-27(28)32(37)40/h1-21H,22H2,(H,33,39)(H,36,38)/b20-17+,34-21+. The maximum absolute atomic E-state index is 13.5. The summed E-state index contributed by atoms with van der Waals surface area (Å²) < 4.78 is 1.49. The summed E-state index contributed by atoms with van der Waals surface area (Å²) >= 11 is 0. The SMILES string of the molecule is O=C(/C=C/c1ccccc1)N/N=C/c1ccc(-n2c(CNC(=O)c3ccccc3)nc3ccccc3c2=O)cc1. The monoisotopic (exact) mass is 527 g/mol. The third kappa shape index (κ3) is 6.25. The minimum absolute atomic E-state index is 0.0551. The molecule has 0 radical (unpaired) electrons. The van der Waals surface area contributed by atoms with Gasteiger partial charge < -0.3 is 5.32 Å². The summed E-state index contributed by atoms with van der Waals surface area (Å²) in [5, 5.41) is 7.34. The Kier molecular flexibility index (Phi) is 7.98. The van der Waals surface area contributed by atoms with Crippen LogP contribution in [0.2, 0.25) is 0 Å². The summed E-state index contributed by atoms with van der Waals surface area (Å²) in [4.78, 5) is 42.9. The number of carbonyl (C=O) groups is 2. The van der Waals surface area contributed by atoms with Gasteiger partial charge in [-0.3, -0.25) is 19.0 Å². The first-order valence-electron chi connectivity index (χ1n) is 12.6. The van der Waals surface area contributed by atoms with E-state index in [0.29, 0.717) is 28.0 Å². The second kappa shape index (κ2) is 12.3. The molecule has 0 bridgehead atoms. The van der Waals surface area contributed by atoms with E-state index in [1.165, 1.54) is 16.9 Å². The maximum Gasteiger partial charge on any atom is 0.266 e. The highest BCUT2D eigenvalue weighted by Gasteiger charge is 2.14. The van der Waals surface area contributed by atoms with Crippen molar-refractivity contribution in [3.05, 3.63) is 148 Å². The van der Waals surface area contributed by atoms with Crippen LogP contribution in [0.1, 0.15) is 27.3 Å². The average Bonchev–Trinajstić information content (AvgIpc) is 3.00. The molecule has 8 heteroatoms. The molecule has 196 valence electrons. The average molecular weight is 528 g/mol. The Morgan fingerprint density at radius 3 is 2.23 bits per heavy atom. The summed E-state index contributed by atoms with van der Waals surface area (Å²) in [5.74, 6) is -0.221. The molecule has 1 heterocycles. The van der Waals surface area contributed by atoms with Crippen LogP contribution in [0.3, 0.4) is 0 Å². The highest BCUT2D eigenvalue weighted by Crippen LogP contribution is 2.14. The lowest BCUT2D eigenvalue weighted by molar-refractivity contribution is -0.116. The van der Waals surface area contributed by atoms with Gasteiger partial charge in [-0.05, 0) is 53.6 Å². The number of hydrogen-bond donors (Lipinski definition) is 2. The van der Waals surface area contributed by atoms with Gasteiger partial charge in [-0.25, -0.2) is 10.4 Å². The molecule has 2 amide bonds. The Bertz CT molecular complexity index is 1760. The fraction of sp³-hybridized carbons (Fsp3) is 0.0312. The van der Waals surface area contributed by atoms with Crippen LogP contribution in [0.4, 0.5) is 0 Å². The highest BCUT2D eigenvalue weighted by atomic mass is 16.2. The van der Waals surface area contributed by atoms with E-state index in [4.69, 9.17) is 0 Å². The first kappa shape index (κ1) is 26.0. The lowest BCUT2D eigenvalue weighted by Gasteiger charge is -2.14. The second-order valence-electron chi connectivity index (χ2n) is 8.80. The Morgan fingerprint density at radius 2 is 1.48 bits per heavy atom. The van der Waals surface area contributed by atoms with E-state index in [1.54, 1.807) is 72.8 Å². The van der Waals surface area contributed by atoms with Crippen LogP contribution in [0, 0.1) is 0 Å². The number of nitrogens with one attached hydrogen (secondary N) is 2. The molecular formula is C32H25N5O3. The van der Waals surface area contributed by atoms with E-state index < -0.39 is 0 Å². The summed E-state index contributed by atoms with van der Waals surface area (Å²) in [6.07, 6.45) is 4.63. The molecule has 0 saturated carbocycles. The predicted octanol–water partition coefficient (Wildman–Crippen LogP) is 4.48. The number of hydrazone groups is 1. The molecule has 0 atom stereocenters. The zero-order chi connectivity index (χ0) is 27.7. The fourth-order valence-corrected chi connectivity index (χ4v) is 4.07. The number of rotatable bonds is 8. The normalized spacial score (nSPS) is 11.2. The Hall–Kier alpha value is -5.63. The Morgan fingerprint density at radius 1 is 0.800 bits per heavy atom. The molecule has 2 N–H and O–H groups in total. The third-order valence-electron chi connectivity index (χ3n) is 6.05. The van der Waals surface area contributed by atoms with E-state index in [1.807, 2.05) is 42.5 Å². The molecule has 1 aromatic heterocycles. The van der Waals surface area contributed by atoms with Gasteiger partial charge in [0.15, 0.2) is 0 Å². The topological polar surface area (TPSA) is 105 Å². The molecule has 40 heavy (non-hydrogen) atoms. The van der Waals surface area contributed by atoms with Crippen molar-refractivity contribution in [2.45, 2.75) is 6.54 Å². The van der Waals surface area contributed by atoms with E-state index in [2.05, 4.69) is 20.8 Å². The predicted molar refractivity (Wildman–Crippen MR) is 156 cm³/mol. The van der Waals surface area contributed by atoms with Gasteiger partial charge in [0.1, 0.15) is 5.82 Å².